The van der Waals surface area contributed by atoms with E-state index in [4.69, 9.17) is 8.83 Å². The number of rotatable bonds is 10. The number of benzene rings is 9. The molecule has 4 fully saturated rings. The van der Waals surface area contributed by atoms with Gasteiger partial charge in [-0.05, 0) is 228 Å². The maximum atomic E-state index is 6.83. The zero-order chi connectivity index (χ0) is 51.5. The first-order valence-corrected chi connectivity index (χ1v) is 30.3. The van der Waals surface area contributed by atoms with Crippen LogP contribution in [0.25, 0.3) is 65.4 Å². The summed E-state index contributed by atoms with van der Waals surface area (Å²) in [5.41, 5.74) is 16.5. The van der Waals surface area contributed by atoms with E-state index in [-0.39, 0.29) is 0 Å². The van der Waals surface area contributed by atoms with E-state index in [0.717, 1.165) is 66.0 Å². The van der Waals surface area contributed by atoms with E-state index in [1.54, 1.807) is 0 Å². The predicted molar refractivity (Wildman–Crippen MR) is 329 cm³/mol. The van der Waals surface area contributed by atoms with Gasteiger partial charge in [0.05, 0.1) is 0 Å². The van der Waals surface area contributed by atoms with Gasteiger partial charge in [0.25, 0.3) is 0 Å². The van der Waals surface area contributed by atoms with Gasteiger partial charge in [-0.15, -0.1) is 0 Å². The average Bonchev–Trinajstić information content (AvgIpc) is 4.29. The molecular weight excluding hydrogens is 949 g/mol. The Kier molecular flexibility index (Phi) is 12.6. The molecule has 0 aliphatic heterocycles. The number of hydrogen-bond acceptors (Lipinski definition) is 4. The van der Waals surface area contributed by atoms with Gasteiger partial charge in [-0.25, -0.2) is 0 Å². The minimum atomic E-state index is 0.674. The molecule has 4 nitrogen and oxygen atoms in total. The first-order valence-electron chi connectivity index (χ1n) is 30.3. The lowest BCUT2D eigenvalue weighted by Gasteiger charge is -2.28. The van der Waals surface area contributed by atoms with E-state index in [9.17, 15) is 0 Å². The first kappa shape index (κ1) is 47.9. The summed E-state index contributed by atoms with van der Waals surface area (Å²) in [6.45, 7) is 0. The van der Waals surface area contributed by atoms with Crippen molar-refractivity contribution in [1.82, 2.24) is 0 Å². The quantitative estimate of drug-likeness (QED) is 0.137. The van der Waals surface area contributed by atoms with Gasteiger partial charge in [0.1, 0.15) is 22.3 Å². The lowest BCUT2D eigenvalue weighted by atomic mass is 9.84. The fourth-order valence-electron chi connectivity index (χ4n) is 15.1. The number of hydrogen-bond donors (Lipinski definition) is 0. The maximum Gasteiger partial charge on any atom is 0.136 e. The number of anilines is 6. The Morgan fingerprint density at radius 3 is 0.821 bits per heavy atom. The van der Waals surface area contributed by atoms with Crippen molar-refractivity contribution >= 4 is 99.5 Å². The van der Waals surface area contributed by atoms with Crippen molar-refractivity contribution in [2.45, 2.75) is 152 Å². The molecule has 0 spiro atoms. The third-order valence-electron chi connectivity index (χ3n) is 19.4. The molecule has 0 bridgehead atoms. The molecule has 15 rings (SSSR count). The van der Waals surface area contributed by atoms with Crippen LogP contribution in [0.15, 0.2) is 179 Å². The largest absolute Gasteiger partial charge is 0.456 e. The van der Waals surface area contributed by atoms with Gasteiger partial charge in [-0.2, -0.15) is 0 Å². The SMILES string of the molecule is c1cc(N(c2ccc(C3CCCCC3)cc2)c2ccc3cc4c(cc3c2)oc2ccc3oc5cc6cc(N(c7ccc(C8CCCCC8)cc7)c7ccc(C8CCCCC8)cc7)ccc6cc5c3c24)ccc1C1CCCCC1. The monoisotopic (exact) mass is 1020 g/mol. The molecule has 0 amide bonds. The van der Waals surface area contributed by atoms with E-state index < -0.39 is 0 Å². The Bertz CT molecular complexity index is 3550. The van der Waals surface area contributed by atoms with Crippen LogP contribution in [0.5, 0.6) is 0 Å². The van der Waals surface area contributed by atoms with Gasteiger partial charge in [0, 0.05) is 55.7 Å². The highest BCUT2D eigenvalue weighted by Crippen LogP contribution is 2.47. The van der Waals surface area contributed by atoms with Gasteiger partial charge < -0.3 is 18.6 Å². The molecule has 0 saturated heterocycles. The Balaban J connectivity index is 0.790. The van der Waals surface area contributed by atoms with Crippen molar-refractivity contribution in [3.05, 3.63) is 192 Å². The van der Waals surface area contributed by atoms with Gasteiger partial charge in [0.2, 0.25) is 0 Å². The van der Waals surface area contributed by atoms with Crippen molar-refractivity contribution in [2.24, 2.45) is 0 Å². The van der Waals surface area contributed by atoms with Gasteiger partial charge in [-0.1, -0.05) is 138 Å². The fraction of sp³-hybridized carbons (Fsp3) is 0.324. The van der Waals surface area contributed by atoms with Crippen LogP contribution >= 0.6 is 0 Å². The minimum absolute atomic E-state index is 0.674. The third kappa shape index (κ3) is 8.94. The smallest absolute Gasteiger partial charge is 0.136 e. The molecule has 4 saturated carbocycles. The molecule has 4 aliphatic carbocycles. The highest BCUT2D eigenvalue weighted by atomic mass is 16.3. The molecule has 390 valence electrons. The highest BCUT2D eigenvalue weighted by molar-refractivity contribution is 6.28. The zero-order valence-electron chi connectivity index (χ0n) is 45.3. The van der Waals surface area contributed by atoms with Crippen molar-refractivity contribution in [2.75, 3.05) is 9.80 Å². The van der Waals surface area contributed by atoms with Crippen LogP contribution in [0.4, 0.5) is 34.1 Å². The molecule has 2 heterocycles. The average molecular weight is 1020 g/mol. The molecule has 4 aliphatic rings. The zero-order valence-corrected chi connectivity index (χ0v) is 45.3. The number of furan rings is 2. The van der Waals surface area contributed by atoms with Gasteiger partial charge >= 0.3 is 0 Å². The summed E-state index contributed by atoms with van der Waals surface area (Å²) in [6, 6.07) is 65.4. The highest BCUT2D eigenvalue weighted by Gasteiger charge is 2.24. The van der Waals surface area contributed by atoms with Crippen LogP contribution in [0, 0.1) is 0 Å². The van der Waals surface area contributed by atoms with Crippen LogP contribution in [0.3, 0.4) is 0 Å². The van der Waals surface area contributed by atoms with E-state index in [2.05, 4.69) is 180 Å². The van der Waals surface area contributed by atoms with Gasteiger partial charge in [-0.3, -0.25) is 0 Å². The Morgan fingerprint density at radius 1 is 0.244 bits per heavy atom. The summed E-state index contributed by atoms with van der Waals surface area (Å²) in [6.07, 6.45) is 26.7. The van der Waals surface area contributed by atoms with Gasteiger partial charge in [0.15, 0.2) is 0 Å². The molecule has 4 heteroatoms. The minimum Gasteiger partial charge on any atom is -0.456 e. The molecular formula is C74H72N2O2. The van der Waals surface area contributed by atoms with Crippen molar-refractivity contribution in [3.63, 3.8) is 0 Å². The van der Waals surface area contributed by atoms with Crippen LogP contribution in [0.2, 0.25) is 0 Å². The lowest BCUT2D eigenvalue weighted by Crippen LogP contribution is -2.11. The number of fused-ring (bicyclic) bond motifs is 9. The summed E-state index contributed by atoms with van der Waals surface area (Å²) in [7, 11) is 0. The normalized spacial score (nSPS) is 17.5. The summed E-state index contributed by atoms with van der Waals surface area (Å²) in [5.74, 6) is 2.69. The molecule has 0 atom stereocenters. The third-order valence-corrected chi connectivity index (χ3v) is 19.4. The van der Waals surface area contributed by atoms with Crippen LogP contribution in [0.1, 0.15) is 174 Å². The predicted octanol–water partition coefficient (Wildman–Crippen LogP) is 22.9. The van der Waals surface area contributed by atoms with E-state index in [1.165, 1.54) is 184 Å². The second kappa shape index (κ2) is 20.5. The van der Waals surface area contributed by atoms with Crippen molar-refractivity contribution in [1.29, 1.82) is 0 Å². The molecule has 0 N–H and O–H groups in total. The fourth-order valence-corrected chi connectivity index (χ4v) is 15.1. The van der Waals surface area contributed by atoms with Crippen molar-refractivity contribution in [3.8, 4) is 0 Å². The van der Waals surface area contributed by atoms with Crippen LogP contribution < -0.4 is 9.80 Å². The molecule has 9 aromatic carbocycles. The Hall–Kier alpha value is -7.30. The van der Waals surface area contributed by atoms with Crippen molar-refractivity contribution < 1.29 is 8.83 Å². The maximum absolute atomic E-state index is 6.83. The Labute approximate surface area is 460 Å². The molecule has 78 heavy (non-hydrogen) atoms. The van der Waals surface area contributed by atoms with Crippen LogP contribution in [-0.2, 0) is 0 Å². The second-order valence-corrected chi connectivity index (χ2v) is 24.2. The molecule has 0 radical (unpaired) electrons. The summed E-state index contributed by atoms with van der Waals surface area (Å²) in [5, 5.41) is 9.14. The lowest BCUT2D eigenvalue weighted by molar-refractivity contribution is 0.443. The van der Waals surface area contributed by atoms with E-state index in [1.807, 2.05) is 0 Å². The summed E-state index contributed by atoms with van der Waals surface area (Å²) < 4.78 is 13.7. The first-order chi connectivity index (χ1) is 38.6. The summed E-state index contributed by atoms with van der Waals surface area (Å²) in [4.78, 5) is 4.90. The molecule has 0 unspecified atom stereocenters. The standard InChI is InChI=1S/C74H72N2O2/c1-5-13-49(14-6-1)53-21-31-61(32-22-53)75(62-33-23-54(24-34-62)50-15-7-2-8-16-50)65-39-29-57-45-67-71(47-59(57)43-65)77-69-41-42-70-74(73(67)69)68-46-58-30-40-66(44-60(58)48-72(68)78-70)76(63-35-25-55(26-36-63)51-17-9-3-10-18-51)64-37-27-56(28-38-64)52-19-11-4-12-20-52/h21-52H,1-20H2. The molecule has 11 aromatic rings. The summed E-state index contributed by atoms with van der Waals surface area (Å²) >= 11 is 0. The van der Waals surface area contributed by atoms with E-state index >= 15 is 0 Å². The second-order valence-electron chi connectivity index (χ2n) is 24.2. The topological polar surface area (TPSA) is 32.8 Å². The number of nitrogens with zero attached hydrogens (tertiary/aromatic N) is 2. The molecule has 2 aromatic heterocycles. The Morgan fingerprint density at radius 2 is 0.526 bits per heavy atom. The van der Waals surface area contributed by atoms with E-state index in [0.29, 0.717) is 23.7 Å². The van der Waals surface area contributed by atoms with Crippen LogP contribution in [-0.4, -0.2) is 0 Å².